The van der Waals surface area contributed by atoms with Gasteiger partial charge >= 0.3 is 0 Å². The van der Waals surface area contributed by atoms with Gasteiger partial charge in [-0.15, -0.1) is 12.4 Å². The van der Waals surface area contributed by atoms with Gasteiger partial charge in [-0.2, -0.15) is 4.31 Å². The van der Waals surface area contributed by atoms with Crippen LogP contribution in [-0.4, -0.2) is 41.9 Å². The van der Waals surface area contributed by atoms with Crippen LogP contribution in [0.4, 0.5) is 13.2 Å². The topological polar surface area (TPSA) is 67.2 Å². The molecule has 138 valence electrons. The van der Waals surface area contributed by atoms with E-state index in [-0.39, 0.29) is 25.5 Å². The fraction of sp³-hybridized carbons (Fsp3) is 0.357. The summed E-state index contributed by atoms with van der Waals surface area (Å²) in [6, 6.07) is 0.653. The van der Waals surface area contributed by atoms with E-state index in [1.54, 1.807) is 17.8 Å². The summed E-state index contributed by atoms with van der Waals surface area (Å²) in [4.78, 5) is 3.25. The number of hydrogen-bond acceptors (Lipinski definition) is 4. The molecule has 1 N–H and O–H groups in total. The highest BCUT2D eigenvalue weighted by atomic mass is 35.5. The molecular formula is C14H16ClF3N4O2S. The van der Waals surface area contributed by atoms with Crippen molar-refractivity contribution in [3.63, 3.8) is 0 Å². The van der Waals surface area contributed by atoms with Crippen LogP contribution < -0.4 is 5.32 Å². The fourth-order valence-electron chi connectivity index (χ4n) is 2.73. The Labute approximate surface area is 149 Å². The molecule has 0 bridgehead atoms. The van der Waals surface area contributed by atoms with E-state index in [9.17, 15) is 21.6 Å². The van der Waals surface area contributed by atoms with E-state index in [1.807, 2.05) is 0 Å². The molecule has 1 aromatic heterocycles. The van der Waals surface area contributed by atoms with Crippen LogP contribution in [-0.2, 0) is 17.1 Å². The highest BCUT2D eigenvalue weighted by molar-refractivity contribution is 7.89. The van der Waals surface area contributed by atoms with Gasteiger partial charge in [-0.25, -0.2) is 26.6 Å². The van der Waals surface area contributed by atoms with Crippen LogP contribution in [0.25, 0.3) is 0 Å². The van der Waals surface area contributed by atoms with E-state index in [1.165, 1.54) is 6.20 Å². The van der Waals surface area contributed by atoms with Crippen LogP contribution in [0.3, 0.4) is 0 Å². The fourth-order valence-corrected chi connectivity index (χ4v) is 4.37. The molecule has 0 spiro atoms. The third kappa shape index (κ3) is 3.39. The first-order valence-electron chi connectivity index (χ1n) is 7.17. The first-order chi connectivity index (χ1) is 11.3. The van der Waals surface area contributed by atoms with E-state index in [0.717, 1.165) is 10.4 Å². The minimum absolute atomic E-state index is 0. The minimum Gasteiger partial charge on any atom is -0.337 e. The molecule has 2 heterocycles. The Morgan fingerprint density at radius 1 is 1.24 bits per heavy atom. The van der Waals surface area contributed by atoms with Crippen molar-refractivity contribution in [3.05, 3.63) is 47.8 Å². The number of sulfonamides is 1. The smallest absolute Gasteiger partial charge is 0.246 e. The summed E-state index contributed by atoms with van der Waals surface area (Å²) in [5, 5.41) is 3.05. The molecule has 1 aliphatic heterocycles. The van der Waals surface area contributed by atoms with E-state index in [2.05, 4.69) is 10.3 Å². The molecule has 2 aromatic rings. The largest absolute Gasteiger partial charge is 0.337 e. The molecule has 1 aliphatic rings. The van der Waals surface area contributed by atoms with Gasteiger partial charge in [0, 0.05) is 39.1 Å². The number of piperazine rings is 1. The Kier molecular flexibility index (Phi) is 5.77. The van der Waals surface area contributed by atoms with Gasteiger partial charge < -0.3 is 9.88 Å². The van der Waals surface area contributed by atoms with Crippen molar-refractivity contribution in [3.8, 4) is 0 Å². The monoisotopic (exact) mass is 396 g/mol. The van der Waals surface area contributed by atoms with Gasteiger partial charge in [0.25, 0.3) is 0 Å². The van der Waals surface area contributed by atoms with Gasteiger partial charge in [0.2, 0.25) is 10.0 Å². The maximum absolute atomic E-state index is 14.0. The number of aryl methyl sites for hydroxylation is 1. The van der Waals surface area contributed by atoms with Crippen LogP contribution in [0.15, 0.2) is 29.4 Å². The lowest BCUT2D eigenvalue weighted by atomic mass is 10.2. The van der Waals surface area contributed by atoms with Crippen molar-refractivity contribution in [1.29, 1.82) is 0 Å². The van der Waals surface area contributed by atoms with E-state index >= 15 is 0 Å². The molecule has 3 rings (SSSR count). The lowest BCUT2D eigenvalue weighted by Crippen LogP contribution is -2.49. The summed E-state index contributed by atoms with van der Waals surface area (Å²) in [6.07, 6.45) is 3.18. The molecular weight excluding hydrogens is 381 g/mol. The molecule has 0 amide bonds. The average Bonchev–Trinajstić information content (AvgIpc) is 2.98. The lowest BCUT2D eigenvalue weighted by Gasteiger charge is -2.34. The Morgan fingerprint density at radius 2 is 1.96 bits per heavy atom. The standard InChI is InChI=1S/C14H15F3N4O2S.ClH/c1-20-6-5-19-14(20)10-8-18-4-7-21(10)24(22,23)11-3-2-9(15)12(16)13(11)17;/h2-3,5-6,10,18H,4,7-8H2,1H3;1H. The molecule has 1 aromatic carbocycles. The number of nitrogens with zero attached hydrogens (tertiary/aromatic N) is 3. The molecule has 1 fully saturated rings. The van der Waals surface area contributed by atoms with Gasteiger partial charge in [-0.1, -0.05) is 0 Å². The van der Waals surface area contributed by atoms with Gasteiger partial charge in [0.15, 0.2) is 17.5 Å². The molecule has 11 heteroatoms. The molecule has 0 saturated carbocycles. The zero-order valence-corrected chi connectivity index (χ0v) is 14.7. The predicted molar refractivity (Wildman–Crippen MR) is 86.3 cm³/mol. The zero-order valence-electron chi connectivity index (χ0n) is 13.1. The SMILES string of the molecule is Cl.Cn1ccnc1C1CNCCN1S(=O)(=O)c1ccc(F)c(F)c1F. The second-order valence-corrected chi connectivity index (χ2v) is 7.26. The van der Waals surface area contributed by atoms with Gasteiger partial charge in [-0.3, -0.25) is 0 Å². The summed E-state index contributed by atoms with van der Waals surface area (Å²) >= 11 is 0. The third-order valence-electron chi connectivity index (χ3n) is 3.94. The van der Waals surface area contributed by atoms with E-state index in [4.69, 9.17) is 0 Å². The van der Waals surface area contributed by atoms with Gasteiger partial charge in [0.1, 0.15) is 10.7 Å². The first-order valence-corrected chi connectivity index (χ1v) is 8.61. The number of aromatic nitrogens is 2. The minimum atomic E-state index is -4.37. The van der Waals surface area contributed by atoms with Crippen molar-refractivity contribution >= 4 is 22.4 Å². The maximum Gasteiger partial charge on any atom is 0.246 e. The highest BCUT2D eigenvalue weighted by Gasteiger charge is 2.38. The number of nitrogens with one attached hydrogen (secondary N) is 1. The van der Waals surface area contributed by atoms with Crippen LogP contribution in [0.1, 0.15) is 11.9 Å². The van der Waals surface area contributed by atoms with Crippen molar-refractivity contribution in [2.75, 3.05) is 19.6 Å². The van der Waals surface area contributed by atoms with Crippen molar-refractivity contribution in [2.24, 2.45) is 7.05 Å². The molecule has 0 aliphatic carbocycles. The van der Waals surface area contributed by atoms with Crippen LogP contribution in [0.5, 0.6) is 0 Å². The molecule has 1 saturated heterocycles. The lowest BCUT2D eigenvalue weighted by molar-refractivity contribution is 0.257. The highest BCUT2D eigenvalue weighted by Crippen LogP contribution is 2.30. The van der Waals surface area contributed by atoms with Crippen LogP contribution in [0, 0.1) is 17.5 Å². The van der Waals surface area contributed by atoms with Crippen molar-refractivity contribution in [2.45, 2.75) is 10.9 Å². The molecule has 25 heavy (non-hydrogen) atoms. The summed E-state index contributed by atoms with van der Waals surface area (Å²) in [5.74, 6) is -4.49. The normalized spacial score (nSPS) is 18.8. The Balaban J connectivity index is 0.00000225. The molecule has 6 nitrogen and oxygen atoms in total. The first kappa shape index (κ1) is 19.7. The molecule has 0 radical (unpaired) electrons. The Bertz CT molecular complexity index is 875. The summed E-state index contributed by atoms with van der Waals surface area (Å²) in [5.41, 5.74) is 0. The summed E-state index contributed by atoms with van der Waals surface area (Å²) < 4.78 is 68.9. The quantitative estimate of drug-likeness (QED) is 0.800. The maximum atomic E-state index is 14.0. The molecule has 1 unspecified atom stereocenters. The van der Waals surface area contributed by atoms with Crippen molar-refractivity contribution < 1.29 is 21.6 Å². The number of halogens is 4. The summed E-state index contributed by atoms with van der Waals surface area (Å²) in [6.45, 7) is 0.680. The molecule has 1 atom stereocenters. The number of imidazole rings is 1. The Morgan fingerprint density at radius 3 is 2.60 bits per heavy atom. The second kappa shape index (κ2) is 7.32. The third-order valence-corrected chi connectivity index (χ3v) is 5.86. The second-order valence-electron chi connectivity index (χ2n) is 5.41. The average molecular weight is 397 g/mol. The number of rotatable bonds is 3. The van der Waals surface area contributed by atoms with Crippen molar-refractivity contribution in [1.82, 2.24) is 19.2 Å². The van der Waals surface area contributed by atoms with Crippen LogP contribution >= 0.6 is 12.4 Å². The van der Waals surface area contributed by atoms with Gasteiger partial charge in [-0.05, 0) is 12.1 Å². The number of benzene rings is 1. The van der Waals surface area contributed by atoms with E-state index in [0.29, 0.717) is 18.4 Å². The predicted octanol–water partition coefficient (Wildman–Crippen LogP) is 1.59. The number of hydrogen-bond donors (Lipinski definition) is 1. The van der Waals surface area contributed by atoms with Crippen LogP contribution in [0.2, 0.25) is 0 Å². The zero-order chi connectivity index (χ0) is 17.5. The summed E-state index contributed by atoms with van der Waals surface area (Å²) in [7, 11) is -2.66. The van der Waals surface area contributed by atoms with Gasteiger partial charge in [0.05, 0.1) is 6.04 Å². The van der Waals surface area contributed by atoms with E-state index < -0.39 is 38.4 Å². The Hall–Kier alpha value is -1.62.